The van der Waals surface area contributed by atoms with Gasteiger partial charge < -0.3 is 10.1 Å². The summed E-state index contributed by atoms with van der Waals surface area (Å²) >= 11 is -0.233. The van der Waals surface area contributed by atoms with Gasteiger partial charge in [0.2, 0.25) is 0 Å². The van der Waals surface area contributed by atoms with E-state index in [1.165, 1.54) is 81.6 Å². The predicted molar refractivity (Wildman–Crippen MR) is 237 cm³/mol. The zero-order chi connectivity index (χ0) is 38.6. The van der Waals surface area contributed by atoms with Crippen molar-refractivity contribution < 1.29 is 21.0 Å². The third kappa shape index (κ3) is 8.60. The molecule has 3 aliphatic rings. The maximum atomic E-state index is 11.4. The number of ketones is 1. The number of hydrogen-bond donors (Lipinski definition) is 1. The SMILES string of the molecule is Cc1cc(C)c(N2CCN(c3c(C)cc(C)cc3C)[C]2=[Ru]=[C]2C=C(c3ccccc3)c3ccccc32)c(C)c1.Cc1ccccc1NC=C1[C-]=CC=CC1=O.Cl. The van der Waals surface area contributed by atoms with Crippen LogP contribution in [-0.4, -0.2) is 27.3 Å². The number of rotatable bonds is 5. The molecule has 0 unspecified atom stereocenters. The molecule has 56 heavy (non-hydrogen) atoms. The molecule has 6 heteroatoms. The molecule has 1 aliphatic heterocycles. The van der Waals surface area contributed by atoms with E-state index in [-0.39, 0.29) is 34.4 Å². The summed E-state index contributed by atoms with van der Waals surface area (Å²) in [6, 6.07) is 37.1. The Morgan fingerprint density at radius 1 is 0.661 bits per heavy atom. The zero-order valence-electron chi connectivity index (χ0n) is 33.2. The van der Waals surface area contributed by atoms with Crippen molar-refractivity contribution in [2.75, 3.05) is 28.2 Å². The Bertz CT molecular complexity index is 2390. The molecule has 1 N–H and O–H groups in total. The molecule has 0 radical (unpaired) electrons. The molecule has 5 aromatic carbocycles. The Balaban J connectivity index is 0.000000263. The number of carbonyl (C=O) groups is 1. The van der Waals surface area contributed by atoms with E-state index in [4.69, 9.17) is 0 Å². The van der Waals surface area contributed by atoms with E-state index in [1.807, 2.05) is 31.2 Å². The molecular formula is C50H49ClN3ORu-. The summed E-state index contributed by atoms with van der Waals surface area (Å²) < 4.78 is 2.94. The van der Waals surface area contributed by atoms with Gasteiger partial charge in [-0.15, -0.1) is 30.6 Å². The first-order valence-electron chi connectivity index (χ1n) is 18.9. The van der Waals surface area contributed by atoms with Crippen molar-refractivity contribution in [3.8, 4) is 0 Å². The fraction of sp³-hybridized carbons (Fsp3) is 0.180. The smallest absolute Gasteiger partial charge is 0.0929 e. The van der Waals surface area contributed by atoms with Crippen LogP contribution < -0.4 is 15.1 Å². The fourth-order valence-electron chi connectivity index (χ4n) is 7.87. The standard InChI is InChI=1S/C21H26N2.C15H10.C14H12NO.ClH.Ru/c1-14-9-16(3)20(17(4)10-14)22-7-8-23(13-22)21-18(5)11-15(2)12-19(21)6;1-2-6-12(7-3-1)15-11-10-13-8-4-5-9-14(13)15;1-11-6-2-4-8-13(11)15-10-12-7-3-5-9-14(12)16;;/h9-12H,7-8H2,1-6H3;1-9,11H;2-6,8-10,15H,1H3;1H;/q;;-1;;. The average molecular weight is 844 g/mol. The number of nitrogens with one attached hydrogen (secondary N) is 1. The molecule has 0 spiro atoms. The minimum atomic E-state index is -0.233. The van der Waals surface area contributed by atoms with Crippen LogP contribution in [0.2, 0.25) is 0 Å². The van der Waals surface area contributed by atoms with E-state index in [1.54, 1.807) is 18.4 Å². The zero-order valence-corrected chi connectivity index (χ0v) is 35.7. The first kappa shape index (κ1) is 40.4. The Hall–Kier alpha value is -5.22. The summed E-state index contributed by atoms with van der Waals surface area (Å²) in [7, 11) is 0. The second-order valence-corrected chi connectivity index (χ2v) is 16.6. The normalized spacial score (nSPS) is 15.1. The van der Waals surface area contributed by atoms with Crippen molar-refractivity contribution in [1.82, 2.24) is 0 Å². The van der Waals surface area contributed by atoms with Crippen LogP contribution in [0.15, 0.2) is 139 Å². The van der Waals surface area contributed by atoms with Gasteiger partial charge in [-0.25, -0.2) is 0 Å². The van der Waals surface area contributed by atoms with Crippen LogP contribution in [0, 0.1) is 54.5 Å². The Morgan fingerprint density at radius 3 is 1.77 bits per heavy atom. The number of para-hydroxylation sites is 1. The van der Waals surface area contributed by atoms with Crippen molar-refractivity contribution in [1.29, 1.82) is 0 Å². The Labute approximate surface area is 346 Å². The number of anilines is 3. The van der Waals surface area contributed by atoms with Crippen LogP contribution in [0.1, 0.15) is 55.6 Å². The fourth-order valence-corrected chi connectivity index (χ4v) is 10.5. The minimum Gasteiger partial charge on any atom is -0.401 e. The van der Waals surface area contributed by atoms with Gasteiger partial charge in [0, 0.05) is 5.69 Å². The van der Waals surface area contributed by atoms with Gasteiger partial charge in [-0.3, -0.25) is 0 Å². The maximum Gasteiger partial charge on any atom is 0.0929 e. The third-order valence-electron chi connectivity index (χ3n) is 10.1. The number of fused-ring (bicyclic) bond motifs is 1. The molecule has 1 saturated heterocycles. The molecule has 5 aromatic rings. The predicted octanol–water partition coefficient (Wildman–Crippen LogP) is 10.9. The van der Waals surface area contributed by atoms with E-state index < -0.39 is 0 Å². The summed E-state index contributed by atoms with van der Waals surface area (Å²) in [5.41, 5.74) is 19.0. The molecule has 1 heterocycles. The van der Waals surface area contributed by atoms with E-state index in [9.17, 15) is 4.79 Å². The number of nitrogens with zero attached hydrogens (tertiary/aromatic N) is 2. The van der Waals surface area contributed by atoms with E-state index in [0.29, 0.717) is 5.57 Å². The molecule has 0 aromatic heterocycles. The summed E-state index contributed by atoms with van der Waals surface area (Å²) in [4.78, 5) is 16.7. The summed E-state index contributed by atoms with van der Waals surface area (Å²) in [6.45, 7) is 17.5. The monoisotopic (exact) mass is 844 g/mol. The van der Waals surface area contributed by atoms with Crippen LogP contribution in [0.5, 0.6) is 0 Å². The summed E-state index contributed by atoms with van der Waals surface area (Å²) in [6.07, 6.45) is 12.0. The number of benzene rings is 5. The maximum absolute atomic E-state index is 11.4. The van der Waals surface area contributed by atoms with Crippen molar-refractivity contribution in [2.24, 2.45) is 0 Å². The van der Waals surface area contributed by atoms with Crippen molar-refractivity contribution in [3.05, 3.63) is 201 Å². The summed E-state index contributed by atoms with van der Waals surface area (Å²) in [5, 5.41) is 3.11. The van der Waals surface area contributed by atoms with Crippen LogP contribution in [0.4, 0.5) is 17.1 Å². The van der Waals surface area contributed by atoms with E-state index in [2.05, 4.69) is 148 Å². The third-order valence-corrected chi connectivity index (χ3v) is 12.7. The van der Waals surface area contributed by atoms with Gasteiger partial charge in [-0.05, 0) is 18.6 Å². The van der Waals surface area contributed by atoms with Crippen molar-refractivity contribution in [3.63, 3.8) is 0 Å². The molecular weight excluding hydrogens is 795 g/mol. The molecule has 286 valence electrons. The Kier molecular flexibility index (Phi) is 12.8. The van der Waals surface area contributed by atoms with Gasteiger partial charge >= 0.3 is 241 Å². The van der Waals surface area contributed by atoms with Crippen LogP contribution >= 0.6 is 12.4 Å². The molecule has 8 rings (SSSR count). The van der Waals surface area contributed by atoms with Gasteiger partial charge in [-0.2, -0.15) is 0 Å². The largest absolute Gasteiger partial charge is 0.401 e. The molecule has 4 nitrogen and oxygen atoms in total. The van der Waals surface area contributed by atoms with Crippen LogP contribution in [0.25, 0.3) is 5.57 Å². The molecule has 1 fully saturated rings. The van der Waals surface area contributed by atoms with Crippen molar-refractivity contribution >= 4 is 49.3 Å². The van der Waals surface area contributed by atoms with E-state index in [0.717, 1.165) is 24.3 Å². The molecule has 0 atom stereocenters. The quantitative estimate of drug-likeness (QED) is 0.109. The number of aryl methyl sites for hydroxylation is 7. The number of hydrogen-bond acceptors (Lipinski definition) is 4. The van der Waals surface area contributed by atoms with Crippen molar-refractivity contribution in [2.45, 2.75) is 48.5 Å². The van der Waals surface area contributed by atoms with Gasteiger partial charge in [-0.1, -0.05) is 36.0 Å². The second kappa shape index (κ2) is 17.7. The van der Waals surface area contributed by atoms with Gasteiger partial charge in [0.05, 0.1) is 5.78 Å². The average Bonchev–Trinajstić information content (AvgIpc) is 3.73. The van der Waals surface area contributed by atoms with Gasteiger partial charge in [0.25, 0.3) is 0 Å². The number of allylic oxidation sites excluding steroid dienone is 6. The first-order chi connectivity index (χ1) is 26.6. The molecule has 0 amide bonds. The second-order valence-electron chi connectivity index (χ2n) is 14.5. The van der Waals surface area contributed by atoms with E-state index >= 15 is 0 Å². The Morgan fingerprint density at radius 2 is 1.20 bits per heavy atom. The molecule has 0 saturated carbocycles. The van der Waals surface area contributed by atoms with Gasteiger partial charge in [0.1, 0.15) is 0 Å². The van der Waals surface area contributed by atoms with Crippen LogP contribution in [0.3, 0.4) is 0 Å². The topological polar surface area (TPSA) is 35.6 Å². The minimum absolute atomic E-state index is 0. The van der Waals surface area contributed by atoms with Crippen LogP contribution in [-0.2, 0) is 21.0 Å². The van der Waals surface area contributed by atoms with Gasteiger partial charge in [0.15, 0.2) is 0 Å². The first-order valence-corrected chi connectivity index (χ1v) is 20.6. The molecule has 0 bridgehead atoms. The number of carbonyl (C=O) groups excluding carboxylic acids is 1. The summed E-state index contributed by atoms with van der Waals surface area (Å²) in [5.74, 6) is -0.0245. The number of halogens is 1. The molecule has 2 aliphatic carbocycles.